The summed E-state index contributed by atoms with van der Waals surface area (Å²) in [5, 5.41) is 6.05. The molecule has 1 aromatic rings. The number of rotatable bonds is 8. The molecule has 1 aromatic carbocycles. The number of methoxy groups -OCH3 is 2. The number of ether oxygens (including phenoxy) is 2. The van der Waals surface area contributed by atoms with Gasteiger partial charge in [-0.2, -0.15) is 0 Å². The van der Waals surface area contributed by atoms with Gasteiger partial charge in [0.2, 0.25) is 5.91 Å². The summed E-state index contributed by atoms with van der Waals surface area (Å²) in [6.07, 6.45) is 0.933. The second-order valence-corrected chi connectivity index (χ2v) is 4.57. The Bertz CT molecular complexity index is 435. The molecule has 0 spiro atoms. The molecule has 0 saturated carbocycles. The van der Waals surface area contributed by atoms with Crippen LogP contribution in [0.4, 0.5) is 0 Å². The SMILES string of the molecule is CCCNC(=O)C(C)NCc1cc(OC)ccc1OC. The van der Waals surface area contributed by atoms with E-state index in [0.717, 1.165) is 23.5 Å². The first-order chi connectivity index (χ1) is 9.62. The van der Waals surface area contributed by atoms with Crippen LogP contribution in [0.25, 0.3) is 0 Å². The summed E-state index contributed by atoms with van der Waals surface area (Å²) in [4.78, 5) is 11.8. The number of carbonyl (C=O) groups excluding carboxylic acids is 1. The molecule has 0 bridgehead atoms. The molecule has 0 heterocycles. The lowest BCUT2D eigenvalue weighted by molar-refractivity contribution is -0.122. The van der Waals surface area contributed by atoms with Crippen LogP contribution in [0.2, 0.25) is 0 Å². The third-order valence-electron chi connectivity index (χ3n) is 3.03. The lowest BCUT2D eigenvalue weighted by atomic mass is 10.1. The highest BCUT2D eigenvalue weighted by molar-refractivity contribution is 5.81. The van der Waals surface area contributed by atoms with Crippen LogP contribution >= 0.6 is 0 Å². The Morgan fingerprint density at radius 2 is 2.05 bits per heavy atom. The van der Waals surface area contributed by atoms with Gasteiger partial charge in [0.25, 0.3) is 0 Å². The minimum Gasteiger partial charge on any atom is -0.497 e. The Balaban J connectivity index is 2.61. The zero-order chi connectivity index (χ0) is 15.0. The van der Waals surface area contributed by atoms with Crippen LogP contribution in [-0.2, 0) is 11.3 Å². The fourth-order valence-corrected chi connectivity index (χ4v) is 1.78. The van der Waals surface area contributed by atoms with Crippen molar-refractivity contribution in [3.8, 4) is 11.5 Å². The van der Waals surface area contributed by atoms with Crippen LogP contribution in [0.5, 0.6) is 11.5 Å². The van der Waals surface area contributed by atoms with Crippen LogP contribution < -0.4 is 20.1 Å². The van der Waals surface area contributed by atoms with Crippen molar-refractivity contribution in [2.24, 2.45) is 0 Å². The quantitative estimate of drug-likeness (QED) is 0.761. The minimum atomic E-state index is -0.252. The molecule has 0 aliphatic carbocycles. The lowest BCUT2D eigenvalue weighted by Crippen LogP contribution is -2.42. The number of amides is 1. The molecule has 1 amide bonds. The van der Waals surface area contributed by atoms with E-state index in [1.165, 1.54) is 0 Å². The number of benzene rings is 1. The summed E-state index contributed by atoms with van der Waals surface area (Å²) in [5.74, 6) is 1.55. The summed E-state index contributed by atoms with van der Waals surface area (Å²) >= 11 is 0. The highest BCUT2D eigenvalue weighted by Crippen LogP contribution is 2.23. The third kappa shape index (κ3) is 4.74. The van der Waals surface area contributed by atoms with Gasteiger partial charge in [0, 0.05) is 18.7 Å². The molecule has 0 saturated heterocycles. The zero-order valence-corrected chi connectivity index (χ0v) is 12.7. The van der Waals surface area contributed by atoms with Crippen molar-refractivity contribution in [1.82, 2.24) is 10.6 Å². The summed E-state index contributed by atoms with van der Waals surface area (Å²) in [6.45, 7) is 5.12. The van der Waals surface area contributed by atoms with Gasteiger partial charge in [0.15, 0.2) is 0 Å². The molecule has 2 N–H and O–H groups in total. The molecule has 0 fully saturated rings. The standard InChI is InChI=1S/C15H24N2O3/c1-5-8-16-15(18)11(2)17-10-12-9-13(19-3)6-7-14(12)20-4/h6-7,9,11,17H,5,8,10H2,1-4H3,(H,16,18). The number of hydrogen-bond acceptors (Lipinski definition) is 4. The van der Waals surface area contributed by atoms with Crippen LogP contribution in [0, 0.1) is 0 Å². The predicted octanol–water partition coefficient (Wildman–Crippen LogP) is 1.71. The lowest BCUT2D eigenvalue weighted by Gasteiger charge is -2.16. The average Bonchev–Trinajstić information content (AvgIpc) is 2.49. The fraction of sp³-hybridized carbons (Fsp3) is 0.533. The molecule has 20 heavy (non-hydrogen) atoms. The van der Waals surface area contributed by atoms with Gasteiger partial charge in [-0.05, 0) is 31.5 Å². The maximum atomic E-state index is 11.8. The highest BCUT2D eigenvalue weighted by Gasteiger charge is 2.12. The van der Waals surface area contributed by atoms with Gasteiger partial charge < -0.3 is 20.1 Å². The van der Waals surface area contributed by atoms with E-state index in [4.69, 9.17) is 9.47 Å². The summed E-state index contributed by atoms with van der Waals surface area (Å²) < 4.78 is 10.5. The van der Waals surface area contributed by atoms with E-state index in [1.54, 1.807) is 14.2 Å². The second-order valence-electron chi connectivity index (χ2n) is 4.57. The van der Waals surface area contributed by atoms with E-state index < -0.39 is 0 Å². The molecule has 5 heteroatoms. The van der Waals surface area contributed by atoms with E-state index in [-0.39, 0.29) is 11.9 Å². The van der Waals surface area contributed by atoms with E-state index in [2.05, 4.69) is 10.6 Å². The zero-order valence-electron chi connectivity index (χ0n) is 12.7. The molecular formula is C15H24N2O3. The van der Waals surface area contributed by atoms with Crippen LogP contribution in [0.3, 0.4) is 0 Å². The van der Waals surface area contributed by atoms with Gasteiger partial charge in [0.05, 0.1) is 20.3 Å². The molecule has 1 rings (SSSR count). The molecule has 112 valence electrons. The van der Waals surface area contributed by atoms with E-state index in [9.17, 15) is 4.79 Å². The molecule has 0 aromatic heterocycles. The van der Waals surface area contributed by atoms with Gasteiger partial charge in [-0.1, -0.05) is 6.92 Å². The van der Waals surface area contributed by atoms with Crippen LogP contribution in [0.1, 0.15) is 25.8 Å². The summed E-state index contributed by atoms with van der Waals surface area (Å²) in [6, 6.07) is 5.36. The predicted molar refractivity (Wildman–Crippen MR) is 79.1 cm³/mol. The van der Waals surface area contributed by atoms with E-state index in [0.29, 0.717) is 13.1 Å². The van der Waals surface area contributed by atoms with Crippen molar-refractivity contribution in [1.29, 1.82) is 0 Å². The Kier molecular flexibility index (Phi) is 6.87. The van der Waals surface area contributed by atoms with Gasteiger partial charge in [-0.15, -0.1) is 0 Å². The molecule has 0 radical (unpaired) electrons. The molecule has 0 aliphatic heterocycles. The Morgan fingerprint density at radius 1 is 1.30 bits per heavy atom. The van der Waals surface area contributed by atoms with Gasteiger partial charge >= 0.3 is 0 Å². The third-order valence-corrected chi connectivity index (χ3v) is 3.03. The molecule has 5 nitrogen and oxygen atoms in total. The van der Waals surface area contributed by atoms with Gasteiger partial charge in [-0.3, -0.25) is 4.79 Å². The first-order valence-corrected chi connectivity index (χ1v) is 6.84. The molecule has 1 unspecified atom stereocenters. The van der Waals surface area contributed by atoms with E-state index >= 15 is 0 Å². The van der Waals surface area contributed by atoms with Gasteiger partial charge in [-0.25, -0.2) is 0 Å². The van der Waals surface area contributed by atoms with Crippen molar-refractivity contribution >= 4 is 5.91 Å². The first kappa shape index (κ1) is 16.3. The van der Waals surface area contributed by atoms with E-state index in [1.807, 2.05) is 32.0 Å². The number of hydrogen-bond donors (Lipinski definition) is 2. The number of nitrogens with one attached hydrogen (secondary N) is 2. The largest absolute Gasteiger partial charge is 0.497 e. The summed E-state index contributed by atoms with van der Waals surface area (Å²) in [5.41, 5.74) is 0.960. The van der Waals surface area contributed by atoms with Gasteiger partial charge in [0.1, 0.15) is 11.5 Å². The smallest absolute Gasteiger partial charge is 0.236 e. The Labute approximate surface area is 120 Å². The minimum absolute atomic E-state index is 0.00807. The first-order valence-electron chi connectivity index (χ1n) is 6.84. The summed E-state index contributed by atoms with van der Waals surface area (Å²) in [7, 11) is 3.25. The van der Waals surface area contributed by atoms with Crippen molar-refractivity contribution in [2.75, 3.05) is 20.8 Å². The Morgan fingerprint density at radius 3 is 2.65 bits per heavy atom. The second kappa shape index (κ2) is 8.43. The van der Waals surface area contributed by atoms with Crippen LogP contribution in [-0.4, -0.2) is 32.7 Å². The molecule has 1 atom stereocenters. The van der Waals surface area contributed by atoms with Crippen molar-refractivity contribution in [2.45, 2.75) is 32.9 Å². The monoisotopic (exact) mass is 280 g/mol. The number of carbonyl (C=O) groups is 1. The Hall–Kier alpha value is -1.75. The molecule has 0 aliphatic rings. The van der Waals surface area contributed by atoms with Crippen molar-refractivity contribution in [3.63, 3.8) is 0 Å². The van der Waals surface area contributed by atoms with Crippen LogP contribution in [0.15, 0.2) is 18.2 Å². The topological polar surface area (TPSA) is 59.6 Å². The molecular weight excluding hydrogens is 256 g/mol. The average molecular weight is 280 g/mol. The maximum Gasteiger partial charge on any atom is 0.236 e. The maximum absolute atomic E-state index is 11.8. The van der Waals surface area contributed by atoms with Crippen molar-refractivity contribution < 1.29 is 14.3 Å². The van der Waals surface area contributed by atoms with Crippen molar-refractivity contribution in [3.05, 3.63) is 23.8 Å². The fourth-order valence-electron chi connectivity index (χ4n) is 1.78. The normalized spacial score (nSPS) is 11.8. The highest BCUT2D eigenvalue weighted by atomic mass is 16.5.